The van der Waals surface area contributed by atoms with Crippen LogP contribution in [0.3, 0.4) is 0 Å². The standard InChI is InChI=1S/C9H9ClO3.C8H7ClO3/c1-9(13,8(11)12)6-3-2-4-7(10)5-6;9-6-3-1-2-5(4-6)7(10)8(11)12/h2-5,13H,1H3,(H,11,12);1-4,7,10H,(H,11,12)/t9-;7-/m11/s1. The Kier molecular flexibility index (Phi) is 7.38. The van der Waals surface area contributed by atoms with Crippen LogP contribution in [0.25, 0.3) is 0 Å². The molecule has 0 aliphatic heterocycles. The number of aliphatic hydroxyl groups excluding tert-OH is 1. The summed E-state index contributed by atoms with van der Waals surface area (Å²) in [6, 6.07) is 12.3. The molecule has 4 N–H and O–H groups in total. The molecule has 2 aromatic carbocycles. The van der Waals surface area contributed by atoms with E-state index in [1.807, 2.05) is 0 Å². The fraction of sp³-hybridized carbons (Fsp3) is 0.176. The van der Waals surface area contributed by atoms with E-state index in [0.29, 0.717) is 10.0 Å². The summed E-state index contributed by atoms with van der Waals surface area (Å²) in [5.41, 5.74) is -1.33. The van der Waals surface area contributed by atoms with E-state index in [1.54, 1.807) is 24.3 Å². The highest BCUT2D eigenvalue weighted by molar-refractivity contribution is 6.30. The number of aliphatic hydroxyl groups is 2. The van der Waals surface area contributed by atoms with Crippen molar-refractivity contribution in [2.24, 2.45) is 0 Å². The average Bonchev–Trinajstić information content (AvgIpc) is 2.54. The Bertz CT molecular complexity index is 760. The fourth-order valence-electron chi connectivity index (χ4n) is 1.73. The van der Waals surface area contributed by atoms with Crippen molar-refractivity contribution in [1.29, 1.82) is 0 Å². The fourth-order valence-corrected chi connectivity index (χ4v) is 2.12. The van der Waals surface area contributed by atoms with E-state index in [2.05, 4.69) is 0 Å². The molecule has 0 amide bonds. The van der Waals surface area contributed by atoms with Gasteiger partial charge in [0.2, 0.25) is 0 Å². The van der Waals surface area contributed by atoms with Crippen molar-refractivity contribution < 1.29 is 30.0 Å². The van der Waals surface area contributed by atoms with Gasteiger partial charge in [-0.3, -0.25) is 0 Å². The maximum Gasteiger partial charge on any atom is 0.340 e. The molecule has 2 atom stereocenters. The van der Waals surface area contributed by atoms with Crippen LogP contribution in [0.1, 0.15) is 24.2 Å². The number of rotatable bonds is 4. The summed E-state index contributed by atoms with van der Waals surface area (Å²) < 4.78 is 0. The lowest BCUT2D eigenvalue weighted by Gasteiger charge is -2.18. The average molecular weight is 387 g/mol. The van der Waals surface area contributed by atoms with E-state index in [0.717, 1.165) is 0 Å². The summed E-state index contributed by atoms with van der Waals surface area (Å²) in [5.74, 6) is -2.58. The zero-order valence-corrected chi connectivity index (χ0v) is 14.6. The minimum Gasteiger partial charge on any atom is -0.479 e. The van der Waals surface area contributed by atoms with E-state index in [9.17, 15) is 14.7 Å². The lowest BCUT2D eigenvalue weighted by atomic mass is 9.96. The quantitative estimate of drug-likeness (QED) is 0.641. The second kappa shape index (κ2) is 8.82. The van der Waals surface area contributed by atoms with Crippen molar-refractivity contribution in [3.63, 3.8) is 0 Å². The Morgan fingerprint density at radius 1 is 1.00 bits per heavy atom. The van der Waals surface area contributed by atoms with Gasteiger partial charge in [-0.05, 0) is 42.3 Å². The van der Waals surface area contributed by atoms with Crippen LogP contribution in [-0.2, 0) is 15.2 Å². The van der Waals surface area contributed by atoms with E-state index >= 15 is 0 Å². The van der Waals surface area contributed by atoms with Crippen LogP contribution in [0.4, 0.5) is 0 Å². The van der Waals surface area contributed by atoms with E-state index < -0.39 is 23.6 Å². The predicted octanol–water partition coefficient (Wildman–Crippen LogP) is 3.09. The lowest BCUT2D eigenvalue weighted by Crippen LogP contribution is -2.31. The molecule has 2 rings (SSSR count). The molecule has 0 saturated heterocycles. The summed E-state index contributed by atoms with van der Waals surface area (Å²) in [4.78, 5) is 21.0. The summed E-state index contributed by atoms with van der Waals surface area (Å²) in [5, 5.41) is 36.5. The summed E-state index contributed by atoms with van der Waals surface area (Å²) >= 11 is 11.2. The van der Waals surface area contributed by atoms with E-state index in [4.69, 9.17) is 38.5 Å². The van der Waals surface area contributed by atoms with Crippen molar-refractivity contribution in [2.75, 3.05) is 0 Å². The van der Waals surface area contributed by atoms with Gasteiger partial charge in [0.15, 0.2) is 11.7 Å². The van der Waals surface area contributed by atoms with Crippen molar-refractivity contribution >= 4 is 35.1 Å². The van der Waals surface area contributed by atoms with Crippen LogP contribution in [0.15, 0.2) is 48.5 Å². The number of hydrogen-bond acceptors (Lipinski definition) is 4. The third-order valence-corrected chi connectivity index (χ3v) is 3.67. The number of halogens is 2. The molecule has 0 spiro atoms. The Morgan fingerprint density at radius 3 is 1.96 bits per heavy atom. The summed E-state index contributed by atoms with van der Waals surface area (Å²) in [6.07, 6.45) is -1.50. The number of carboxylic acids is 2. The van der Waals surface area contributed by atoms with Gasteiger partial charge in [0.1, 0.15) is 0 Å². The monoisotopic (exact) mass is 386 g/mol. The van der Waals surface area contributed by atoms with Gasteiger partial charge in [0.25, 0.3) is 0 Å². The predicted molar refractivity (Wildman–Crippen MR) is 92.7 cm³/mol. The van der Waals surface area contributed by atoms with E-state index in [-0.39, 0.29) is 11.1 Å². The Hall–Kier alpha value is -2.12. The number of hydrogen-bond donors (Lipinski definition) is 4. The molecule has 0 unspecified atom stereocenters. The molecular formula is C17H16Cl2O6. The van der Waals surface area contributed by atoms with Gasteiger partial charge in [-0.1, -0.05) is 47.5 Å². The van der Waals surface area contributed by atoms with Crippen LogP contribution in [0.2, 0.25) is 10.0 Å². The lowest BCUT2D eigenvalue weighted by molar-refractivity contribution is -0.157. The van der Waals surface area contributed by atoms with Crippen LogP contribution in [0, 0.1) is 0 Å². The van der Waals surface area contributed by atoms with Gasteiger partial charge in [-0.25, -0.2) is 9.59 Å². The first-order valence-electron chi connectivity index (χ1n) is 6.94. The minimum atomic E-state index is -1.88. The molecule has 6 nitrogen and oxygen atoms in total. The van der Waals surface area contributed by atoms with Crippen LogP contribution >= 0.6 is 23.2 Å². The first-order valence-corrected chi connectivity index (χ1v) is 7.69. The molecule has 0 radical (unpaired) electrons. The van der Waals surface area contributed by atoms with Gasteiger partial charge in [-0.2, -0.15) is 0 Å². The summed E-state index contributed by atoms with van der Waals surface area (Å²) in [6.45, 7) is 1.21. The molecule has 25 heavy (non-hydrogen) atoms. The minimum absolute atomic E-state index is 0.271. The summed E-state index contributed by atoms with van der Waals surface area (Å²) in [7, 11) is 0. The van der Waals surface area contributed by atoms with Crippen molar-refractivity contribution in [3.8, 4) is 0 Å². The first-order chi connectivity index (χ1) is 11.6. The molecule has 0 fully saturated rings. The SMILES string of the molecule is C[C@](O)(C(=O)O)c1cccc(Cl)c1.O=C(O)[C@H](O)c1cccc(Cl)c1. The van der Waals surface area contributed by atoms with Gasteiger partial charge in [-0.15, -0.1) is 0 Å². The van der Waals surface area contributed by atoms with Crippen LogP contribution in [0.5, 0.6) is 0 Å². The highest BCUT2D eigenvalue weighted by atomic mass is 35.5. The zero-order chi connectivity index (χ0) is 19.2. The third-order valence-electron chi connectivity index (χ3n) is 3.20. The maximum atomic E-state index is 10.6. The Morgan fingerprint density at radius 2 is 1.52 bits per heavy atom. The largest absolute Gasteiger partial charge is 0.479 e. The van der Waals surface area contributed by atoms with Crippen molar-refractivity contribution in [3.05, 3.63) is 69.7 Å². The van der Waals surface area contributed by atoms with Gasteiger partial charge >= 0.3 is 11.9 Å². The van der Waals surface area contributed by atoms with Gasteiger partial charge in [0, 0.05) is 10.0 Å². The number of benzene rings is 2. The highest BCUT2D eigenvalue weighted by Crippen LogP contribution is 2.23. The number of aliphatic carboxylic acids is 2. The van der Waals surface area contributed by atoms with Crippen molar-refractivity contribution in [1.82, 2.24) is 0 Å². The molecule has 2 aromatic rings. The molecule has 0 aliphatic carbocycles. The smallest absolute Gasteiger partial charge is 0.340 e. The number of carboxylic acid groups (broad SMARTS) is 2. The maximum absolute atomic E-state index is 10.6. The zero-order valence-electron chi connectivity index (χ0n) is 13.1. The molecule has 0 bridgehead atoms. The second-order valence-corrected chi connectivity index (χ2v) is 6.06. The van der Waals surface area contributed by atoms with Crippen molar-refractivity contribution in [2.45, 2.75) is 18.6 Å². The molecular weight excluding hydrogens is 371 g/mol. The molecule has 134 valence electrons. The van der Waals surface area contributed by atoms with E-state index in [1.165, 1.54) is 31.2 Å². The Labute approximate surface area is 153 Å². The van der Waals surface area contributed by atoms with Crippen LogP contribution < -0.4 is 0 Å². The van der Waals surface area contributed by atoms with Gasteiger partial charge < -0.3 is 20.4 Å². The Balaban J connectivity index is 0.000000251. The normalized spacial score (nSPS) is 13.8. The van der Waals surface area contributed by atoms with Gasteiger partial charge in [0.05, 0.1) is 0 Å². The molecule has 0 aliphatic rings. The molecule has 0 saturated carbocycles. The molecule has 0 heterocycles. The van der Waals surface area contributed by atoms with Crippen LogP contribution in [-0.4, -0.2) is 32.4 Å². The first kappa shape index (κ1) is 20.9. The highest BCUT2D eigenvalue weighted by Gasteiger charge is 2.32. The number of carbonyl (C=O) groups is 2. The second-order valence-electron chi connectivity index (χ2n) is 5.18. The third kappa shape index (κ3) is 6.03. The molecule has 8 heteroatoms. The molecule has 0 aromatic heterocycles. The topological polar surface area (TPSA) is 115 Å².